The maximum absolute atomic E-state index is 13.2. The number of anilines is 1. The molecule has 0 radical (unpaired) electrons. The van der Waals surface area contributed by atoms with Gasteiger partial charge in [-0.2, -0.15) is 4.31 Å². The molecule has 2 saturated heterocycles. The quantitative estimate of drug-likeness (QED) is 0.532. The average molecular weight is 544 g/mol. The van der Waals surface area contributed by atoms with E-state index < -0.39 is 10.0 Å². The highest BCUT2D eigenvalue weighted by molar-refractivity contribution is 9.10. The van der Waals surface area contributed by atoms with Gasteiger partial charge in [0.25, 0.3) is 5.91 Å². The highest BCUT2D eigenvalue weighted by Gasteiger charge is 2.34. The number of piperidine rings is 1. The second kappa shape index (κ2) is 9.61. The van der Waals surface area contributed by atoms with Crippen molar-refractivity contribution < 1.29 is 13.2 Å². The molecule has 1 N–H and O–H groups in total. The minimum Gasteiger partial charge on any atom is -0.371 e. The molecule has 10 heteroatoms. The van der Waals surface area contributed by atoms with E-state index in [0.717, 1.165) is 46.9 Å². The van der Waals surface area contributed by atoms with E-state index in [1.807, 2.05) is 30.3 Å². The molecule has 0 bridgehead atoms. The summed E-state index contributed by atoms with van der Waals surface area (Å²) in [5.74, 6) is -0.226. The van der Waals surface area contributed by atoms with E-state index in [-0.39, 0.29) is 29.9 Å². The molecular weight excluding hydrogens is 518 g/mol. The molecule has 5 rings (SSSR count). The van der Waals surface area contributed by atoms with Gasteiger partial charge in [-0.3, -0.25) is 14.8 Å². The summed E-state index contributed by atoms with van der Waals surface area (Å²) in [4.78, 5) is 19.4. The largest absolute Gasteiger partial charge is 0.371 e. The maximum atomic E-state index is 13.2. The molecule has 2 aliphatic heterocycles. The van der Waals surface area contributed by atoms with Crippen LogP contribution in [0.5, 0.6) is 0 Å². The first-order valence-corrected chi connectivity index (χ1v) is 13.5. The molecule has 1 amide bonds. The molecule has 2 aromatic carbocycles. The number of rotatable bonds is 5. The van der Waals surface area contributed by atoms with Crippen LogP contribution in [0, 0.1) is 0 Å². The first-order valence-electron chi connectivity index (χ1n) is 11.3. The van der Waals surface area contributed by atoms with Gasteiger partial charge in [-0.15, -0.1) is 0 Å². The highest BCUT2D eigenvalue weighted by Crippen LogP contribution is 2.25. The molecule has 34 heavy (non-hydrogen) atoms. The third-order valence-corrected chi connectivity index (χ3v) is 8.79. The Hall–Kier alpha value is -2.53. The molecule has 1 aromatic heterocycles. The summed E-state index contributed by atoms with van der Waals surface area (Å²) >= 11 is 3.43. The van der Waals surface area contributed by atoms with Crippen molar-refractivity contribution >= 4 is 48.3 Å². The van der Waals surface area contributed by atoms with E-state index in [4.69, 9.17) is 0 Å². The van der Waals surface area contributed by atoms with Gasteiger partial charge in [-0.1, -0.05) is 28.1 Å². The molecule has 178 valence electrons. The van der Waals surface area contributed by atoms with Gasteiger partial charge in [0.05, 0.1) is 18.0 Å². The summed E-state index contributed by atoms with van der Waals surface area (Å²) in [7, 11) is -3.76. The second-order valence-corrected chi connectivity index (χ2v) is 11.5. The Kier molecular flexibility index (Phi) is 6.57. The number of piperazine rings is 1. The van der Waals surface area contributed by atoms with Crippen molar-refractivity contribution in [3.8, 4) is 0 Å². The monoisotopic (exact) mass is 543 g/mol. The lowest BCUT2D eigenvalue weighted by molar-refractivity contribution is -0.138. The van der Waals surface area contributed by atoms with Crippen molar-refractivity contribution in [1.29, 1.82) is 0 Å². The van der Waals surface area contributed by atoms with Crippen LogP contribution < -0.4 is 10.3 Å². The Balaban J connectivity index is 1.19. The molecule has 3 heterocycles. The number of carbonyl (C=O) groups excluding carboxylic acids is 1. The first-order chi connectivity index (χ1) is 16.4. The van der Waals surface area contributed by atoms with Crippen LogP contribution in [0.3, 0.4) is 0 Å². The minimum atomic E-state index is -3.76. The third kappa shape index (κ3) is 4.81. The molecule has 0 aliphatic carbocycles. The normalized spacial score (nSPS) is 18.6. The third-order valence-electron chi connectivity index (χ3n) is 6.46. The zero-order valence-electron chi connectivity index (χ0n) is 18.6. The summed E-state index contributed by atoms with van der Waals surface area (Å²) in [5, 5.41) is 3.39. The SMILES string of the molecule is O=C1CN(S(=O)(=O)c2ccc3cc(Br)ccc3c2)CCN1NC1CCN(c2ccncc2)CC1. The van der Waals surface area contributed by atoms with Crippen molar-refractivity contribution in [2.24, 2.45) is 0 Å². The fourth-order valence-electron chi connectivity index (χ4n) is 4.54. The molecule has 0 unspecified atom stereocenters. The Labute approximate surface area is 207 Å². The molecule has 0 saturated carbocycles. The van der Waals surface area contributed by atoms with Crippen LogP contribution in [0.2, 0.25) is 0 Å². The fraction of sp³-hybridized carbons (Fsp3) is 0.333. The highest BCUT2D eigenvalue weighted by atomic mass is 79.9. The number of fused-ring (bicyclic) bond motifs is 1. The predicted octanol–water partition coefficient (Wildman–Crippen LogP) is 3.00. The van der Waals surface area contributed by atoms with Crippen molar-refractivity contribution in [3.63, 3.8) is 0 Å². The lowest BCUT2D eigenvalue weighted by Crippen LogP contribution is -2.60. The van der Waals surface area contributed by atoms with Gasteiger partial charge in [0.2, 0.25) is 10.0 Å². The standard InChI is InChI=1S/C24H26BrN5O3S/c25-20-3-1-19-16-23(4-2-18(19)15-20)34(32,33)29-13-14-30(24(31)17-29)27-21-7-11-28(12-8-21)22-5-9-26-10-6-22/h1-6,9-10,15-16,21,27H,7-8,11-14,17H2. The number of hydrazine groups is 1. The van der Waals surface area contributed by atoms with Gasteiger partial charge in [0.1, 0.15) is 0 Å². The van der Waals surface area contributed by atoms with E-state index in [2.05, 4.69) is 31.2 Å². The number of hydrogen-bond acceptors (Lipinski definition) is 6. The molecule has 3 aromatic rings. The van der Waals surface area contributed by atoms with E-state index in [1.165, 1.54) is 4.31 Å². The van der Waals surface area contributed by atoms with Gasteiger partial charge in [0, 0.05) is 48.2 Å². The summed E-state index contributed by atoms with van der Waals surface area (Å²) in [5.41, 5.74) is 4.50. The summed E-state index contributed by atoms with van der Waals surface area (Å²) < 4.78 is 28.7. The summed E-state index contributed by atoms with van der Waals surface area (Å²) in [6.45, 7) is 2.20. The number of benzene rings is 2. The number of carbonyl (C=O) groups is 1. The minimum absolute atomic E-state index is 0.163. The van der Waals surface area contributed by atoms with E-state index in [0.29, 0.717) is 6.54 Å². The molecule has 0 spiro atoms. The Morgan fingerprint density at radius 1 is 0.912 bits per heavy atom. The Bertz CT molecular complexity index is 1300. The number of halogens is 1. The fourth-order valence-corrected chi connectivity index (χ4v) is 6.33. The summed E-state index contributed by atoms with van der Waals surface area (Å²) in [6, 6.07) is 15.0. The van der Waals surface area contributed by atoms with Crippen LogP contribution in [0.4, 0.5) is 5.69 Å². The zero-order valence-corrected chi connectivity index (χ0v) is 21.0. The van der Waals surface area contributed by atoms with Crippen LogP contribution in [-0.2, 0) is 14.8 Å². The van der Waals surface area contributed by atoms with Crippen molar-refractivity contribution in [1.82, 2.24) is 19.7 Å². The average Bonchev–Trinajstić information content (AvgIpc) is 2.86. The number of sulfonamides is 1. The first kappa shape index (κ1) is 23.2. The van der Waals surface area contributed by atoms with Gasteiger partial charge in [0.15, 0.2) is 0 Å². The van der Waals surface area contributed by atoms with Crippen molar-refractivity contribution in [2.75, 3.05) is 37.6 Å². The van der Waals surface area contributed by atoms with E-state index in [9.17, 15) is 13.2 Å². The number of pyridine rings is 1. The van der Waals surface area contributed by atoms with Gasteiger partial charge >= 0.3 is 0 Å². The van der Waals surface area contributed by atoms with Crippen LogP contribution >= 0.6 is 15.9 Å². The van der Waals surface area contributed by atoms with E-state index >= 15 is 0 Å². The number of aromatic nitrogens is 1. The maximum Gasteiger partial charge on any atom is 0.252 e. The number of nitrogens with one attached hydrogen (secondary N) is 1. The van der Waals surface area contributed by atoms with Crippen LogP contribution in [0.1, 0.15) is 12.8 Å². The number of amides is 1. The van der Waals surface area contributed by atoms with Gasteiger partial charge in [-0.05, 0) is 60.0 Å². The van der Waals surface area contributed by atoms with Crippen LogP contribution in [-0.4, -0.2) is 67.4 Å². The summed E-state index contributed by atoms with van der Waals surface area (Å²) in [6.07, 6.45) is 5.40. The molecule has 2 fully saturated rings. The molecular formula is C24H26BrN5O3S. The van der Waals surface area contributed by atoms with E-state index in [1.54, 1.807) is 35.6 Å². The Morgan fingerprint density at radius 3 is 2.35 bits per heavy atom. The van der Waals surface area contributed by atoms with Crippen molar-refractivity contribution in [3.05, 3.63) is 65.4 Å². The van der Waals surface area contributed by atoms with Crippen LogP contribution in [0.25, 0.3) is 10.8 Å². The second-order valence-electron chi connectivity index (χ2n) is 8.63. The number of nitrogens with zero attached hydrogens (tertiary/aromatic N) is 4. The zero-order chi connectivity index (χ0) is 23.7. The molecule has 2 aliphatic rings. The lowest BCUT2D eigenvalue weighted by atomic mass is 10.1. The van der Waals surface area contributed by atoms with Crippen LogP contribution in [0.15, 0.2) is 70.3 Å². The lowest BCUT2D eigenvalue weighted by Gasteiger charge is -2.39. The Morgan fingerprint density at radius 2 is 1.62 bits per heavy atom. The van der Waals surface area contributed by atoms with Crippen molar-refractivity contribution in [2.45, 2.75) is 23.8 Å². The smallest absolute Gasteiger partial charge is 0.252 e. The number of hydrogen-bond donors (Lipinski definition) is 1. The topological polar surface area (TPSA) is 85.8 Å². The molecule has 0 atom stereocenters. The predicted molar refractivity (Wildman–Crippen MR) is 135 cm³/mol. The van der Waals surface area contributed by atoms with Gasteiger partial charge < -0.3 is 4.90 Å². The molecule has 8 nitrogen and oxygen atoms in total. The van der Waals surface area contributed by atoms with Gasteiger partial charge in [-0.25, -0.2) is 13.8 Å².